The van der Waals surface area contributed by atoms with Crippen LogP contribution in [0.25, 0.3) is 10.8 Å². The molecule has 28 heavy (non-hydrogen) atoms. The Morgan fingerprint density at radius 3 is 1.71 bits per heavy atom. The van der Waals surface area contributed by atoms with Crippen LogP contribution in [0.1, 0.15) is 102 Å². The number of benzene rings is 2. The summed E-state index contributed by atoms with van der Waals surface area (Å²) in [5.74, 6) is 0. The van der Waals surface area contributed by atoms with Crippen LogP contribution in [0.5, 0.6) is 0 Å². The van der Waals surface area contributed by atoms with Crippen molar-refractivity contribution in [3.63, 3.8) is 0 Å². The second-order valence-corrected chi connectivity index (χ2v) is 8.39. The van der Waals surface area contributed by atoms with E-state index in [2.05, 4.69) is 61.5 Å². The van der Waals surface area contributed by atoms with Gasteiger partial charge in [0.1, 0.15) is 0 Å². The number of hydrogen-bond acceptors (Lipinski definition) is 0. The van der Waals surface area contributed by atoms with Gasteiger partial charge in [0.25, 0.3) is 0 Å². The van der Waals surface area contributed by atoms with Crippen LogP contribution in [-0.2, 0) is 6.42 Å². The normalized spacial score (nSPS) is 11.6. The Bertz CT molecular complexity index is 652. The summed E-state index contributed by atoms with van der Waals surface area (Å²) >= 11 is 0. The highest BCUT2D eigenvalue weighted by Crippen LogP contribution is 2.18. The molecule has 0 N–H and O–H groups in total. The van der Waals surface area contributed by atoms with E-state index < -0.39 is 0 Å². The van der Waals surface area contributed by atoms with E-state index in [4.69, 9.17) is 0 Å². The van der Waals surface area contributed by atoms with Crippen LogP contribution in [0.15, 0.2) is 54.6 Å². The molecule has 0 atom stereocenters. The minimum atomic E-state index is 1.24. The van der Waals surface area contributed by atoms with Crippen molar-refractivity contribution in [2.24, 2.45) is 0 Å². The van der Waals surface area contributed by atoms with Gasteiger partial charge in [0, 0.05) is 0 Å². The van der Waals surface area contributed by atoms with Crippen LogP contribution in [0.2, 0.25) is 0 Å². The van der Waals surface area contributed by atoms with Crippen molar-refractivity contribution in [3.05, 3.63) is 60.2 Å². The van der Waals surface area contributed by atoms with Gasteiger partial charge in [0.2, 0.25) is 0 Å². The van der Waals surface area contributed by atoms with Crippen LogP contribution < -0.4 is 0 Å². The second-order valence-electron chi connectivity index (χ2n) is 8.39. The Labute approximate surface area is 174 Å². The molecule has 2 aromatic carbocycles. The van der Waals surface area contributed by atoms with Gasteiger partial charge >= 0.3 is 0 Å². The van der Waals surface area contributed by atoms with E-state index >= 15 is 0 Å². The van der Waals surface area contributed by atoms with E-state index in [0.717, 1.165) is 0 Å². The lowest BCUT2D eigenvalue weighted by Crippen LogP contribution is -1.87. The number of hydrogen-bond donors (Lipinski definition) is 0. The zero-order valence-corrected chi connectivity index (χ0v) is 18.3. The molecule has 0 aliphatic rings. The fourth-order valence-electron chi connectivity index (χ4n) is 4.10. The molecule has 0 radical (unpaired) electrons. The predicted molar refractivity (Wildman–Crippen MR) is 127 cm³/mol. The molecule has 0 fully saturated rings. The number of fused-ring (bicyclic) bond motifs is 1. The smallest absolute Gasteiger partial charge is 0.0181 e. The van der Waals surface area contributed by atoms with Crippen LogP contribution >= 0.6 is 0 Å². The van der Waals surface area contributed by atoms with Crippen molar-refractivity contribution in [2.45, 2.75) is 103 Å². The van der Waals surface area contributed by atoms with Crippen LogP contribution in [0, 0.1) is 0 Å². The van der Waals surface area contributed by atoms with Gasteiger partial charge in [-0.15, -0.1) is 0 Å². The standard InChI is InChI=1S/C28H42/c1-2-3-4-5-6-7-8-9-10-11-12-13-14-15-16-17-20-26-23-24-27-21-18-19-22-28(27)25-26/h2-3,18-19,21-25H,4-17,20H2,1H3/b3-2+. The quantitative estimate of drug-likeness (QED) is 0.201. The lowest BCUT2D eigenvalue weighted by Gasteiger charge is -2.05. The Hall–Kier alpha value is -1.56. The average molecular weight is 379 g/mol. The Morgan fingerprint density at radius 2 is 1.11 bits per heavy atom. The monoisotopic (exact) mass is 378 g/mol. The van der Waals surface area contributed by atoms with Crippen molar-refractivity contribution in [1.29, 1.82) is 0 Å². The van der Waals surface area contributed by atoms with Gasteiger partial charge in [-0.05, 0) is 48.9 Å². The average Bonchev–Trinajstić information content (AvgIpc) is 2.73. The maximum absolute atomic E-state index is 2.37. The summed E-state index contributed by atoms with van der Waals surface area (Å²) in [4.78, 5) is 0. The third kappa shape index (κ3) is 10.1. The third-order valence-electron chi connectivity index (χ3n) is 5.89. The first-order valence-electron chi connectivity index (χ1n) is 12.0. The molecule has 2 aromatic rings. The summed E-state index contributed by atoms with van der Waals surface area (Å²) in [6.45, 7) is 2.12. The Morgan fingerprint density at radius 1 is 0.571 bits per heavy atom. The van der Waals surface area contributed by atoms with Crippen molar-refractivity contribution < 1.29 is 0 Å². The summed E-state index contributed by atoms with van der Waals surface area (Å²) in [7, 11) is 0. The molecular formula is C28H42. The maximum Gasteiger partial charge on any atom is -0.0181 e. The molecular weight excluding hydrogens is 336 g/mol. The lowest BCUT2D eigenvalue weighted by atomic mass is 10.0. The fraction of sp³-hybridized carbons (Fsp3) is 0.571. The predicted octanol–water partition coefficient (Wildman–Crippen LogP) is 9.42. The van der Waals surface area contributed by atoms with E-state index in [1.807, 2.05) is 0 Å². The number of aryl methyl sites for hydroxylation is 1. The molecule has 0 aromatic heterocycles. The zero-order chi connectivity index (χ0) is 19.7. The Kier molecular flexibility index (Phi) is 12.5. The largest absolute Gasteiger partial charge is 0.0917 e. The summed E-state index contributed by atoms with van der Waals surface area (Å²) in [5.41, 5.74) is 1.50. The van der Waals surface area contributed by atoms with E-state index in [1.165, 1.54) is 113 Å². The van der Waals surface area contributed by atoms with E-state index in [-0.39, 0.29) is 0 Å². The van der Waals surface area contributed by atoms with Gasteiger partial charge in [0.05, 0.1) is 0 Å². The first kappa shape index (κ1) is 22.7. The molecule has 2 rings (SSSR count). The van der Waals surface area contributed by atoms with Crippen molar-refractivity contribution >= 4 is 10.8 Å². The van der Waals surface area contributed by atoms with E-state index in [1.54, 1.807) is 0 Å². The number of allylic oxidation sites excluding steroid dienone is 2. The zero-order valence-electron chi connectivity index (χ0n) is 18.3. The van der Waals surface area contributed by atoms with Gasteiger partial charge in [-0.1, -0.05) is 125 Å². The molecule has 0 heteroatoms. The van der Waals surface area contributed by atoms with Crippen molar-refractivity contribution in [1.82, 2.24) is 0 Å². The summed E-state index contributed by atoms with van der Waals surface area (Å²) in [6.07, 6.45) is 25.5. The number of rotatable bonds is 16. The molecule has 0 saturated carbocycles. The first-order chi connectivity index (χ1) is 13.9. The van der Waals surface area contributed by atoms with Crippen molar-refractivity contribution in [3.8, 4) is 0 Å². The van der Waals surface area contributed by atoms with Crippen LogP contribution in [-0.4, -0.2) is 0 Å². The van der Waals surface area contributed by atoms with Gasteiger partial charge in [0.15, 0.2) is 0 Å². The molecule has 0 unspecified atom stereocenters. The summed E-state index contributed by atoms with van der Waals surface area (Å²) < 4.78 is 0. The third-order valence-corrected chi connectivity index (χ3v) is 5.89. The molecule has 0 aliphatic carbocycles. The molecule has 0 amide bonds. The van der Waals surface area contributed by atoms with Crippen molar-refractivity contribution in [2.75, 3.05) is 0 Å². The van der Waals surface area contributed by atoms with E-state index in [9.17, 15) is 0 Å². The molecule has 154 valence electrons. The molecule has 0 aliphatic heterocycles. The van der Waals surface area contributed by atoms with E-state index in [0.29, 0.717) is 0 Å². The van der Waals surface area contributed by atoms with Gasteiger partial charge in [-0.3, -0.25) is 0 Å². The molecule has 0 spiro atoms. The van der Waals surface area contributed by atoms with Gasteiger partial charge in [-0.2, -0.15) is 0 Å². The first-order valence-corrected chi connectivity index (χ1v) is 12.0. The minimum Gasteiger partial charge on any atom is -0.0917 e. The highest BCUT2D eigenvalue weighted by molar-refractivity contribution is 5.82. The second kappa shape index (κ2) is 15.4. The van der Waals surface area contributed by atoms with Gasteiger partial charge < -0.3 is 0 Å². The lowest BCUT2D eigenvalue weighted by molar-refractivity contribution is 0.537. The topological polar surface area (TPSA) is 0 Å². The van der Waals surface area contributed by atoms with Crippen LogP contribution in [0.4, 0.5) is 0 Å². The summed E-state index contributed by atoms with van der Waals surface area (Å²) in [6, 6.07) is 15.6. The fourth-order valence-corrected chi connectivity index (χ4v) is 4.10. The highest BCUT2D eigenvalue weighted by Gasteiger charge is 1.98. The van der Waals surface area contributed by atoms with Gasteiger partial charge in [-0.25, -0.2) is 0 Å². The van der Waals surface area contributed by atoms with Crippen LogP contribution in [0.3, 0.4) is 0 Å². The summed E-state index contributed by atoms with van der Waals surface area (Å²) in [5, 5.41) is 2.74. The maximum atomic E-state index is 2.37. The highest BCUT2D eigenvalue weighted by atomic mass is 14.0. The molecule has 0 bridgehead atoms. The molecule has 0 heterocycles. The SMILES string of the molecule is C/C=C/CCCCCCCCCCCCCCCc1ccc2ccccc2c1. The number of unbranched alkanes of at least 4 members (excludes halogenated alkanes) is 13. The minimum absolute atomic E-state index is 1.24. The molecule has 0 saturated heterocycles. The Balaban J connectivity index is 1.36. The molecule has 0 nitrogen and oxygen atoms in total.